The molecule has 1 aliphatic rings. The van der Waals surface area contributed by atoms with Gasteiger partial charge in [0.2, 0.25) is 15.9 Å². The summed E-state index contributed by atoms with van der Waals surface area (Å²) in [6.45, 7) is 3.65. The second-order valence-electron chi connectivity index (χ2n) is 6.88. The Labute approximate surface area is 183 Å². The van der Waals surface area contributed by atoms with E-state index in [0.29, 0.717) is 24.2 Å². The van der Waals surface area contributed by atoms with Crippen LogP contribution in [0.2, 0.25) is 0 Å². The number of sulfonamides is 1. The van der Waals surface area contributed by atoms with Crippen molar-refractivity contribution < 1.29 is 27.7 Å². The van der Waals surface area contributed by atoms with Crippen molar-refractivity contribution in [2.75, 3.05) is 18.5 Å². The second-order valence-corrected chi connectivity index (χ2v) is 9.80. The number of thiophene rings is 1. The Hall–Kier alpha value is -2.83. The molecule has 1 aliphatic heterocycles. The molecular formula is C19H21N3O7S2. The van der Waals surface area contributed by atoms with Crippen LogP contribution in [0.15, 0.2) is 35.2 Å². The first-order chi connectivity index (χ1) is 14.6. The van der Waals surface area contributed by atoms with E-state index in [9.17, 15) is 28.1 Å². The van der Waals surface area contributed by atoms with Crippen LogP contribution in [0.5, 0.6) is 0 Å². The minimum absolute atomic E-state index is 0.0465. The number of rotatable bonds is 7. The monoisotopic (exact) mass is 467 g/mol. The van der Waals surface area contributed by atoms with E-state index >= 15 is 0 Å². The van der Waals surface area contributed by atoms with Crippen LogP contribution in [0.1, 0.15) is 35.7 Å². The summed E-state index contributed by atoms with van der Waals surface area (Å²) in [6.07, 6.45) is 0.775. The highest BCUT2D eigenvalue weighted by Crippen LogP contribution is 2.35. The maximum absolute atomic E-state index is 13.1. The molecule has 1 saturated heterocycles. The first kappa shape index (κ1) is 22.8. The molecule has 0 saturated carbocycles. The third-order valence-electron chi connectivity index (χ3n) is 4.77. The lowest BCUT2D eigenvalue weighted by Gasteiger charge is -2.23. The second kappa shape index (κ2) is 9.12. The van der Waals surface area contributed by atoms with E-state index in [4.69, 9.17) is 4.74 Å². The van der Waals surface area contributed by atoms with Gasteiger partial charge in [0.1, 0.15) is 16.6 Å². The first-order valence-corrected chi connectivity index (χ1v) is 11.8. The molecule has 31 heavy (non-hydrogen) atoms. The van der Waals surface area contributed by atoms with Crippen LogP contribution in [0, 0.1) is 17.0 Å². The van der Waals surface area contributed by atoms with Crippen LogP contribution >= 0.6 is 11.3 Å². The van der Waals surface area contributed by atoms with Gasteiger partial charge in [-0.15, -0.1) is 0 Å². The number of hydrogen-bond donors (Lipinski definition) is 1. The molecule has 2 heterocycles. The molecule has 12 heteroatoms. The Morgan fingerprint density at radius 3 is 2.61 bits per heavy atom. The lowest BCUT2D eigenvalue weighted by atomic mass is 10.2. The Kier molecular flexibility index (Phi) is 6.72. The van der Waals surface area contributed by atoms with E-state index in [1.807, 2.05) is 6.92 Å². The molecule has 0 aliphatic carbocycles. The van der Waals surface area contributed by atoms with Crippen molar-refractivity contribution in [2.45, 2.75) is 37.6 Å². The largest absolute Gasteiger partial charge is 0.462 e. The number of anilines is 1. The van der Waals surface area contributed by atoms with Gasteiger partial charge in [0.05, 0.1) is 16.4 Å². The highest BCUT2D eigenvalue weighted by Gasteiger charge is 2.40. The number of aryl methyl sites for hydroxylation is 1. The lowest BCUT2D eigenvalue weighted by Crippen LogP contribution is -2.43. The van der Waals surface area contributed by atoms with Gasteiger partial charge in [-0.3, -0.25) is 14.9 Å². The summed E-state index contributed by atoms with van der Waals surface area (Å²) in [4.78, 5) is 35.6. The fraction of sp³-hybridized carbons (Fsp3) is 0.368. The Morgan fingerprint density at radius 1 is 1.32 bits per heavy atom. The number of nitro groups is 1. The van der Waals surface area contributed by atoms with Crippen molar-refractivity contribution in [1.82, 2.24) is 4.31 Å². The van der Waals surface area contributed by atoms with E-state index in [-0.39, 0.29) is 33.6 Å². The molecule has 1 N–H and O–H groups in total. The SMILES string of the molecule is CCOC(=O)c1cc([N+](=O)[O-])sc1NC(=O)C1CCCN1S(=O)(=O)c1ccc(C)cc1. The fourth-order valence-corrected chi connectivity index (χ4v) is 5.77. The van der Waals surface area contributed by atoms with E-state index in [2.05, 4.69) is 5.32 Å². The number of amides is 1. The Bertz CT molecular complexity index is 1110. The molecule has 1 amide bonds. The van der Waals surface area contributed by atoms with E-state index in [1.165, 1.54) is 12.1 Å². The predicted octanol–water partition coefficient (Wildman–Crippen LogP) is 2.93. The normalized spacial score (nSPS) is 16.8. The Morgan fingerprint density at radius 2 is 2.00 bits per heavy atom. The van der Waals surface area contributed by atoms with Crippen LogP contribution in [-0.2, 0) is 19.6 Å². The molecule has 1 aromatic carbocycles. The van der Waals surface area contributed by atoms with Crippen molar-refractivity contribution in [2.24, 2.45) is 0 Å². The molecule has 10 nitrogen and oxygen atoms in total. The van der Waals surface area contributed by atoms with E-state index in [1.54, 1.807) is 19.1 Å². The lowest BCUT2D eigenvalue weighted by molar-refractivity contribution is -0.380. The molecule has 0 spiro atoms. The zero-order valence-electron chi connectivity index (χ0n) is 16.9. The number of nitrogens with zero attached hydrogens (tertiary/aromatic N) is 2. The predicted molar refractivity (Wildman–Crippen MR) is 114 cm³/mol. The third kappa shape index (κ3) is 4.75. The molecule has 0 radical (unpaired) electrons. The van der Waals surface area contributed by atoms with Crippen LogP contribution < -0.4 is 5.32 Å². The van der Waals surface area contributed by atoms with Gasteiger partial charge in [0, 0.05) is 12.6 Å². The minimum atomic E-state index is -3.91. The molecule has 1 aromatic heterocycles. The summed E-state index contributed by atoms with van der Waals surface area (Å²) in [5, 5.41) is 13.2. The first-order valence-electron chi connectivity index (χ1n) is 9.50. The maximum atomic E-state index is 13.1. The number of esters is 1. The average Bonchev–Trinajstić information content (AvgIpc) is 3.36. The number of hydrogen-bond acceptors (Lipinski definition) is 8. The number of ether oxygens (including phenoxy) is 1. The zero-order chi connectivity index (χ0) is 22.8. The molecule has 2 aromatic rings. The van der Waals surface area contributed by atoms with Gasteiger partial charge < -0.3 is 10.1 Å². The minimum Gasteiger partial charge on any atom is -0.462 e. The van der Waals surface area contributed by atoms with Gasteiger partial charge in [0.25, 0.3) is 0 Å². The van der Waals surface area contributed by atoms with E-state index in [0.717, 1.165) is 15.9 Å². The number of nitrogens with one attached hydrogen (secondary N) is 1. The van der Waals surface area contributed by atoms with Crippen LogP contribution in [0.25, 0.3) is 0 Å². The summed E-state index contributed by atoms with van der Waals surface area (Å²) in [6, 6.07) is 6.36. The zero-order valence-corrected chi connectivity index (χ0v) is 18.5. The summed E-state index contributed by atoms with van der Waals surface area (Å²) in [7, 11) is -3.91. The van der Waals surface area contributed by atoms with Gasteiger partial charge in [-0.05, 0) is 50.2 Å². The molecule has 166 valence electrons. The summed E-state index contributed by atoms with van der Waals surface area (Å²) in [5.41, 5.74) is 0.762. The van der Waals surface area contributed by atoms with Crippen molar-refractivity contribution in [3.8, 4) is 0 Å². The Balaban J connectivity index is 1.87. The summed E-state index contributed by atoms with van der Waals surface area (Å²) < 4.78 is 32.1. The topological polar surface area (TPSA) is 136 Å². The molecule has 3 rings (SSSR count). The van der Waals surface area contributed by atoms with Crippen molar-refractivity contribution in [3.05, 3.63) is 51.6 Å². The summed E-state index contributed by atoms with van der Waals surface area (Å²) >= 11 is 0.616. The number of carbonyl (C=O) groups excluding carboxylic acids is 2. The van der Waals surface area contributed by atoms with Gasteiger partial charge in [-0.2, -0.15) is 4.31 Å². The van der Waals surface area contributed by atoms with Crippen LogP contribution in [-0.4, -0.2) is 48.7 Å². The number of carbonyl (C=O) groups is 2. The van der Waals surface area contributed by atoms with E-state index < -0.39 is 32.9 Å². The smallest absolute Gasteiger partial charge is 0.341 e. The molecule has 1 unspecified atom stereocenters. The maximum Gasteiger partial charge on any atom is 0.341 e. The third-order valence-corrected chi connectivity index (χ3v) is 7.69. The molecule has 0 bridgehead atoms. The van der Waals surface area contributed by atoms with Crippen molar-refractivity contribution in [3.63, 3.8) is 0 Å². The van der Waals surface area contributed by atoms with Gasteiger partial charge in [-0.25, -0.2) is 13.2 Å². The van der Waals surface area contributed by atoms with Gasteiger partial charge in [0.15, 0.2) is 0 Å². The van der Waals surface area contributed by atoms with Gasteiger partial charge >= 0.3 is 11.0 Å². The van der Waals surface area contributed by atoms with Crippen molar-refractivity contribution in [1.29, 1.82) is 0 Å². The van der Waals surface area contributed by atoms with Crippen molar-refractivity contribution >= 4 is 43.2 Å². The standard InChI is InChI=1S/C19H21N3O7S2/c1-3-29-19(24)14-11-16(22(25)26)30-18(14)20-17(23)15-5-4-10-21(15)31(27,28)13-8-6-12(2)7-9-13/h6-9,11,15H,3-5,10H2,1-2H3,(H,20,23). The molecule has 1 fully saturated rings. The highest BCUT2D eigenvalue weighted by molar-refractivity contribution is 7.89. The fourth-order valence-electron chi connectivity index (χ4n) is 3.25. The molecular weight excluding hydrogens is 446 g/mol. The van der Waals surface area contributed by atoms with Crippen LogP contribution in [0.4, 0.5) is 10.0 Å². The van der Waals surface area contributed by atoms with Gasteiger partial charge in [-0.1, -0.05) is 17.7 Å². The number of benzene rings is 1. The molecule has 1 atom stereocenters. The summed E-state index contributed by atoms with van der Waals surface area (Å²) in [5.74, 6) is -1.46. The van der Waals surface area contributed by atoms with Crippen LogP contribution in [0.3, 0.4) is 0 Å². The quantitative estimate of drug-likeness (QED) is 0.376. The average molecular weight is 468 g/mol. The highest BCUT2D eigenvalue weighted by atomic mass is 32.2.